The second-order valence-electron chi connectivity index (χ2n) is 4.96. The van der Waals surface area contributed by atoms with E-state index in [-0.39, 0.29) is 12.6 Å². The highest BCUT2D eigenvalue weighted by Gasteiger charge is 2.06. The molecule has 108 valence electrons. The molecule has 2 N–H and O–H groups in total. The molecule has 0 aromatic heterocycles. The Morgan fingerprint density at radius 1 is 1.11 bits per heavy atom. The van der Waals surface area contributed by atoms with Gasteiger partial charge in [0.05, 0.1) is 13.7 Å². The highest BCUT2D eigenvalue weighted by atomic mass is 16.5. The molecule has 1 aromatic carbocycles. The Morgan fingerprint density at radius 2 is 1.79 bits per heavy atom. The number of benzene rings is 1. The van der Waals surface area contributed by atoms with Crippen LogP contribution in [0.3, 0.4) is 0 Å². The maximum absolute atomic E-state index is 9.40. The van der Waals surface area contributed by atoms with Crippen molar-refractivity contribution in [2.45, 2.75) is 51.5 Å². The fraction of sp³-hybridized carbons (Fsp3) is 0.625. The molecule has 0 aliphatic rings. The number of methoxy groups -OCH3 is 1. The SMILES string of the molecule is CCCCCCCC(CO)Nc1ccc(OC)cc1. The van der Waals surface area contributed by atoms with Crippen molar-refractivity contribution in [1.82, 2.24) is 0 Å². The fourth-order valence-electron chi connectivity index (χ4n) is 2.13. The van der Waals surface area contributed by atoms with Crippen molar-refractivity contribution >= 4 is 5.69 Å². The molecule has 0 saturated carbocycles. The van der Waals surface area contributed by atoms with Crippen molar-refractivity contribution in [3.8, 4) is 5.75 Å². The van der Waals surface area contributed by atoms with E-state index in [2.05, 4.69) is 12.2 Å². The average molecular weight is 265 g/mol. The zero-order valence-electron chi connectivity index (χ0n) is 12.2. The van der Waals surface area contributed by atoms with Crippen LogP contribution >= 0.6 is 0 Å². The van der Waals surface area contributed by atoms with Crippen molar-refractivity contribution in [3.63, 3.8) is 0 Å². The molecule has 1 atom stereocenters. The Hall–Kier alpha value is -1.22. The molecular weight excluding hydrogens is 238 g/mol. The summed E-state index contributed by atoms with van der Waals surface area (Å²) in [6.45, 7) is 2.40. The Balaban J connectivity index is 2.30. The van der Waals surface area contributed by atoms with Crippen LogP contribution in [0.15, 0.2) is 24.3 Å². The van der Waals surface area contributed by atoms with Gasteiger partial charge in [0, 0.05) is 11.7 Å². The fourth-order valence-corrected chi connectivity index (χ4v) is 2.13. The number of rotatable bonds is 10. The topological polar surface area (TPSA) is 41.5 Å². The van der Waals surface area contributed by atoms with Gasteiger partial charge in [0.15, 0.2) is 0 Å². The van der Waals surface area contributed by atoms with E-state index in [0.29, 0.717) is 0 Å². The number of unbranched alkanes of at least 4 members (excludes halogenated alkanes) is 4. The van der Waals surface area contributed by atoms with E-state index in [0.717, 1.165) is 17.9 Å². The van der Waals surface area contributed by atoms with Crippen LogP contribution in [0.4, 0.5) is 5.69 Å². The molecule has 0 spiro atoms. The quantitative estimate of drug-likeness (QED) is 0.632. The van der Waals surface area contributed by atoms with Gasteiger partial charge in [-0.05, 0) is 30.7 Å². The van der Waals surface area contributed by atoms with E-state index in [9.17, 15) is 5.11 Å². The third kappa shape index (κ3) is 6.48. The Morgan fingerprint density at radius 3 is 2.37 bits per heavy atom. The van der Waals surface area contributed by atoms with Crippen LogP contribution in [0.2, 0.25) is 0 Å². The summed E-state index contributed by atoms with van der Waals surface area (Å²) >= 11 is 0. The molecule has 0 radical (unpaired) electrons. The van der Waals surface area contributed by atoms with E-state index in [1.54, 1.807) is 7.11 Å². The molecule has 19 heavy (non-hydrogen) atoms. The summed E-state index contributed by atoms with van der Waals surface area (Å²) in [7, 11) is 1.66. The Bertz CT molecular complexity index is 324. The lowest BCUT2D eigenvalue weighted by atomic mass is 10.1. The van der Waals surface area contributed by atoms with Crippen LogP contribution in [-0.2, 0) is 0 Å². The Labute approximate surface area is 117 Å². The van der Waals surface area contributed by atoms with Gasteiger partial charge in [-0.3, -0.25) is 0 Å². The first-order chi connectivity index (χ1) is 9.30. The summed E-state index contributed by atoms with van der Waals surface area (Å²) in [4.78, 5) is 0. The number of aliphatic hydroxyl groups is 1. The van der Waals surface area contributed by atoms with Gasteiger partial charge < -0.3 is 15.2 Å². The van der Waals surface area contributed by atoms with Crippen LogP contribution in [0.1, 0.15) is 45.4 Å². The smallest absolute Gasteiger partial charge is 0.119 e. The normalized spacial score (nSPS) is 12.2. The molecule has 3 nitrogen and oxygen atoms in total. The third-order valence-corrected chi connectivity index (χ3v) is 3.34. The summed E-state index contributed by atoms with van der Waals surface area (Å²) in [5.41, 5.74) is 1.04. The van der Waals surface area contributed by atoms with Gasteiger partial charge in [-0.1, -0.05) is 39.0 Å². The van der Waals surface area contributed by atoms with Crippen LogP contribution in [0.5, 0.6) is 5.75 Å². The van der Waals surface area contributed by atoms with Crippen LogP contribution in [-0.4, -0.2) is 24.9 Å². The number of hydrogen-bond donors (Lipinski definition) is 2. The lowest BCUT2D eigenvalue weighted by Gasteiger charge is -2.17. The van der Waals surface area contributed by atoms with E-state index in [4.69, 9.17) is 4.74 Å². The molecule has 3 heteroatoms. The minimum atomic E-state index is 0.148. The predicted molar refractivity (Wildman–Crippen MR) is 80.9 cm³/mol. The summed E-state index contributed by atoms with van der Waals surface area (Å²) in [6.07, 6.45) is 7.34. The molecule has 1 rings (SSSR count). The van der Waals surface area contributed by atoms with Gasteiger partial charge in [-0.2, -0.15) is 0 Å². The second-order valence-corrected chi connectivity index (χ2v) is 4.96. The largest absolute Gasteiger partial charge is 0.497 e. The molecular formula is C16H27NO2. The molecule has 0 heterocycles. The molecule has 0 aliphatic carbocycles. The third-order valence-electron chi connectivity index (χ3n) is 3.34. The van der Waals surface area contributed by atoms with Crippen molar-refractivity contribution in [2.75, 3.05) is 19.0 Å². The van der Waals surface area contributed by atoms with Crippen LogP contribution in [0.25, 0.3) is 0 Å². The molecule has 0 bridgehead atoms. The van der Waals surface area contributed by atoms with E-state index >= 15 is 0 Å². The molecule has 0 saturated heterocycles. The molecule has 0 fully saturated rings. The van der Waals surface area contributed by atoms with Gasteiger partial charge in [-0.15, -0.1) is 0 Å². The van der Waals surface area contributed by atoms with Crippen LogP contribution < -0.4 is 10.1 Å². The van der Waals surface area contributed by atoms with E-state index < -0.39 is 0 Å². The number of nitrogens with one attached hydrogen (secondary N) is 1. The first-order valence-electron chi connectivity index (χ1n) is 7.31. The summed E-state index contributed by atoms with van der Waals surface area (Å²) in [5, 5.41) is 12.8. The maximum Gasteiger partial charge on any atom is 0.119 e. The minimum absolute atomic E-state index is 0.148. The van der Waals surface area contributed by atoms with Crippen molar-refractivity contribution < 1.29 is 9.84 Å². The van der Waals surface area contributed by atoms with Crippen molar-refractivity contribution in [1.29, 1.82) is 0 Å². The lowest BCUT2D eigenvalue weighted by Crippen LogP contribution is -2.23. The van der Waals surface area contributed by atoms with Crippen LogP contribution in [0, 0.1) is 0 Å². The highest BCUT2D eigenvalue weighted by Crippen LogP contribution is 2.17. The average Bonchev–Trinajstić information content (AvgIpc) is 2.46. The van der Waals surface area contributed by atoms with Crippen molar-refractivity contribution in [2.24, 2.45) is 0 Å². The van der Waals surface area contributed by atoms with Gasteiger partial charge >= 0.3 is 0 Å². The molecule has 1 aromatic rings. The maximum atomic E-state index is 9.40. The lowest BCUT2D eigenvalue weighted by molar-refractivity contribution is 0.266. The zero-order valence-corrected chi connectivity index (χ0v) is 12.2. The number of ether oxygens (including phenoxy) is 1. The monoisotopic (exact) mass is 265 g/mol. The van der Waals surface area contributed by atoms with Gasteiger partial charge in [0.25, 0.3) is 0 Å². The Kier molecular flexibility index (Phi) is 8.07. The summed E-state index contributed by atoms with van der Waals surface area (Å²) in [5.74, 6) is 0.852. The first-order valence-corrected chi connectivity index (χ1v) is 7.31. The first kappa shape index (κ1) is 15.8. The minimum Gasteiger partial charge on any atom is -0.497 e. The molecule has 0 aliphatic heterocycles. The summed E-state index contributed by atoms with van der Waals surface area (Å²) < 4.78 is 5.13. The number of hydrogen-bond acceptors (Lipinski definition) is 3. The van der Waals surface area contributed by atoms with E-state index in [1.807, 2.05) is 24.3 Å². The number of anilines is 1. The second kappa shape index (κ2) is 9.68. The van der Waals surface area contributed by atoms with Crippen molar-refractivity contribution in [3.05, 3.63) is 24.3 Å². The number of aliphatic hydroxyl groups excluding tert-OH is 1. The molecule has 1 unspecified atom stereocenters. The predicted octanol–water partition coefficient (Wildman–Crippen LogP) is 3.83. The summed E-state index contributed by atoms with van der Waals surface area (Å²) in [6, 6.07) is 7.97. The van der Waals surface area contributed by atoms with Gasteiger partial charge in [0.2, 0.25) is 0 Å². The van der Waals surface area contributed by atoms with Gasteiger partial charge in [-0.25, -0.2) is 0 Å². The highest BCUT2D eigenvalue weighted by molar-refractivity contribution is 5.47. The zero-order chi connectivity index (χ0) is 13.9. The standard InChI is InChI=1S/C16H27NO2/c1-3-4-5-6-7-8-15(13-18)17-14-9-11-16(19-2)12-10-14/h9-12,15,17-18H,3-8,13H2,1-2H3. The van der Waals surface area contributed by atoms with E-state index in [1.165, 1.54) is 32.1 Å². The molecule has 0 amide bonds. The van der Waals surface area contributed by atoms with Gasteiger partial charge in [0.1, 0.15) is 5.75 Å².